The number of amides is 2. The summed E-state index contributed by atoms with van der Waals surface area (Å²) in [6.45, 7) is 2.42. The molecule has 8 nitrogen and oxygen atoms in total. The van der Waals surface area contributed by atoms with Crippen LogP contribution < -0.4 is 15.5 Å². The third-order valence-corrected chi connectivity index (χ3v) is 7.58. The summed E-state index contributed by atoms with van der Waals surface area (Å²) >= 11 is 6.39. The predicted molar refractivity (Wildman–Crippen MR) is 119 cm³/mol. The Bertz CT molecular complexity index is 1120. The molecule has 0 bridgehead atoms. The van der Waals surface area contributed by atoms with Gasteiger partial charge in [-0.05, 0) is 49.2 Å². The highest BCUT2D eigenvalue weighted by molar-refractivity contribution is 7.89. The molecule has 2 saturated heterocycles. The number of sulfonamides is 1. The van der Waals surface area contributed by atoms with E-state index in [1.807, 2.05) is 4.90 Å². The Kier molecular flexibility index (Phi) is 6.17. The number of rotatable bonds is 5. The zero-order valence-corrected chi connectivity index (χ0v) is 18.4. The van der Waals surface area contributed by atoms with Gasteiger partial charge in [-0.15, -0.1) is 0 Å². The first kappa shape index (κ1) is 21.6. The fourth-order valence-corrected chi connectivity index (χ4v) is 5.63. The molecule has 0 saturated carbocycles. The van der Waals surface area contributed by atoms with Crippen LogP contribution in [0.2, 0.25) is 5.02 Å². The zero-order valence-electron chi connectivity index (χ0n) is 16.8. The van der Waals surface area contributed by atoms with Crippen molar-refractivity contribution in [3.05, 3.63) is 53.1 Å². The highest BCUT2D eigenvalue weighted by Gasteiger charge is 2.27. The van der Waals surface area contributed by atoms with Crippen LogP contribution in [-0.4, -0.2) is 57.3 Å². The Morgan fingerprint density at radius 2 is 1.84 bits per heavy atom. The SMILES string of the molecule is O=C1CN(c2ccc(NC(=O)c3cccc(S(=O)(=O)N4CCCC4)c3)cc2Cl)CCN1. The Morgan fingerprint density at radius 1 is 1.06 bits per heavy atom. The Hall–Kier alpha value is -2.62. The highest BCUT2D eigenvalue weighted by Crippen LogP contribution is 2.29. The fraction of sp³-hybridized carbons (Fsp3) is 0.333. The molecule has 2 aromatic rings. The number of benzene rings is 2. The van der Waals surface area contributed by atoms with Gasteiger partial charge in [-0.25, -0.2) is 8.42 Å². The molecule has 0 spiro atoms. The minimum absolute atomic E-state index is 0.0662. The molecule has 164 valence electrons. The molecular weight excluding hydrogens is 440 g/mol. The molecule has 0 aliphatic carbocycles. The second-order valence-corrected chi connectivity index (χ2v) is 9.88. The van der Waals surface area contributed by atoms with E-state index >= 15 is 0 Å². The molecule has 2 fully saturated rings. The van der Waals surface area contributed by atoms with E-state index < -0.39 is 15.9 Å². The molecule has 2 N–H and O–H groups in total. The van der Waals surface area contributed by atoms with Crippen molar-refractivity contribution in [3.63, 3.8) is 0 Å². The topological polar surface area (TPSA) is 98.8 Å². The van der Waals surface area contributed by atoms with Gasteiger partial charge in [0.25, 0.3) is 5.91 Å². The summed E-state index contributed by atoms with van der Waals surface area (Å²) in [5.41, 5.74) is 1.44. The third-order valence-electron chi connectivity index (χ3n) is 5.38. The Labute approximate surface area is 186 Å². The first-order valence-corrected chi connectivity index (χ1v) is 11.9. The van der Waals surface area contributed by atoms with Crippen molar-refractivity contribution in [2.24, 2.45) is 0 Å². The van der Waals surface area contributed by atoms with Crippen molar-refractivity contribution in [3.8, 4) is 0 Å². The molecule has 31 heavy (non-hydrogen) atoms. The summed E-state index contributed by atoms with van der Waals surface area (Å²) in [5.74, 6) is -0.497. The first-order chi connectivity index (χ1) is 14.8. The summed E-state index contributed by atoms with van der Waals surface area (Å²) in [7, 11) is -3.60. The maximum Gasteiger partial charge on any atom is 0.255 e. The highest BCUT2D eigenvalue weighted by atomic mass is 35.5. The van der Waals surface area contributed by atoms with E-state index in [1.165, 1.54) is 16.4 Å². The van der Waals surface area contributed by atoms with Crippen LogP contribution >= 0.6 is 11.6 Å². The normalized spacial score (nSPS) is 17.5. The first-order valence-electron chi connectivity index (χ1n) is 10.1. The summed E-state index contributed by atoms with van der Waals surface area (Å²) in [5, 5.41) is 5.93. The second-order valence-electron chi connectivity index (χ2n) is 7.53. The number of nitrogens with one attached hydrogen (secondary N) is 2. The molecular formula is C21H23ClN4O4S. The summed E-state index contributed by atoms with van der Waals surface area (Å²) in [4.78, 5) is 26.3. The Morgan fingerprint density at radius 3 is 2.55 bits per heavy atom. The third kappa shape index (κ3) is 4.68. The Balaban J connectivity index is 1.49. The number of hydrogen-bond acceptors (Lipinski definition) is 5. The maximum absolute atomic E-state index is 12.8. The number of piperazine rings is 1. The molecule has 0 aromatic heterocycles. The number of nitrogens with zero attached hydrogens (tertiary/aromatic N) is 2. The van der Waals surface area contributed by atoms with Crippen molar-refractivity contribution in [2.45, 2.75) is 17.7 Å². The van der Waals surface area contributed by atoms with E-state index in [2.05, 4.69) is 10.6 Å². The van der Waals surface area contributed by atoms with Gasteiger partial charge in [-0.3, -0.25) is 9.59 Å². The van der Waals surface area contributed by atoms with Crippen LogP contribution in [0.5, 0.6) is 0 Å². The number of carbonyl (C=O) groups is 2. The van der Waals surface area contributed by atoms with Crippen molar-refractivity contribution >= 4 is 44.8 Å². The monoisotopic (exact) mass is 462 g/mol. The van der Waals surface area contributed by atoms with Crippen LogP contribution in [0.15, 0.2) is 47.4 Å². The van der Waals surface area contributed by atoms with E-state index in [1.54, 1.807) is 30.3 Å². The lowest BCUT2D eigenvalue weighted by Crippen LogP contribution is -2.47. The molecule has 0 radical (unpaired) electrons. The molecule has 2 aliphatic rings. The van der Waals surface area contributed by atoms with E-state index in [0.29, 0.717) is 42.6 Å². The average Bonchev–Trinajstić information content (AvgIpc) is 3.30. The molecule has 0 atom stereocenters. The maximum atomic E-state index is 12.8. The van der Waals surface area contributed by atoms with E-state index in [-0.39, 0.29) is 22.9 Å². The number of anilines is 2. The van der Waals surface area contributed by atoms with Crippen LogP contribution in [0.1, 0.15) is 23.2 Å². The quantitative estimate of drug-likeness (QED) is 0.710. The van der Waals surface area contributed by atoms with Gasteiger partial charge in [-0.1, -0.05) is 17.7 Å². The average molecular weight is 463 g/mol. The molecule has 2 amide bonds. The van der Waals surface area contributed by atoms with Crippen LogP contribution in [-0.2, 0) is 14.8 Å². The van der Waals surface area contributed by atoms with Gasteiger partial charge >= 0.3 is 0 Å². The molecule has 4 rings (SSSR count). The van der Waals surface area contributed by atoms with Gasteiger partial charge in [0.15, 0.2) is 0 Å². The van der Waals surface area contributed by atoms with Gasteiger partial charge in [0.05, 0.1) is 22.2 Å². The van der Waals surface area contributed by atoms with Gasteiger partial charge in [-0.2, -0.15) is 4.31 Å². The molecule has 2 aliphatic heterocycles. The summed E-state index contributed by atoms with van der Waals surface area (Å²) in [6.07, 6.45) is 1.69. The zero-order chi connectivity index (χ0) is 22.0. The lowest BCUT2D eigenvalue weighted by atomic mass is 10.2. The summed E-state index contributed by atoms with van der Waals surface area (Å²) in [6, 6.07) is 11.1. The molecule has 0 unspecified atom stereocenters. The largest absolute Gasteiger partial charge is 0.359 e. The van der Waals surface area contributed by atoms with Crippen molar-refractivity contribution < 1.29 is 18.0 Å². The predicted octanol–water partition coefficient (Wildman–Crippen LogP) is 2.31. The molecule has 2 heterocycles. The van der Waals surface area contributed by atoms with Crippen molar-refractivity contribution in [2.75, 3.05) is 42.9 Å². The number of carbonyl (C=O) groups excluding carboxylic acids is 2. The number of halogens is 1. The smallest absolute Gasteiger partial charge is 0.255 e. The van der Waals surface area contributed by atoms with Gasteiger partial charge in [0.2, 0.25) is 15.9 Å². The summed E-state index contributed by atoms with van der Waals surface area (Å²) < 4.78 is 27.0. The standard InChI is InChI=1S/C21H23ClN4O4S/c22-18-13-16(6-7-19(18)25-11-8-23-20(27)14-25)24-21(28)15-4-3-5-17(12-15)31(29,30)26-9-1-2-10-26/h3-7,12-13H,1-2,8-11,14H2,(H,23,27)(H,24,28). The van der Waals surface area contributed by atoms with Crippen LogP contribution in [0.25, 0.3) is 0 Å². The van der Waals surface area contributed by atoms with Crippen LogP contribution in [0.3, 0.4) is 0 Å². The number of hydrogen-bond donors (Lipinski definition) is 2. The van der Waals surface area contributed by atoms with Crippen LogP contribution in [0.4, 0.5) is 11.4 Å². The minimum atomic E-state index is -3.60. The van der Waals surface area contributed by atoms with Crippen LogP contribution in [0, 0.1) is 0 Å². The van der Waals surface area contributed by atoms with Gasteiger partial charge in [0.1, 0.15) is 0 Å². The van der Waals surface area contributed by atoms with Gasteiger partial charge < -0.3 is 15.5 Å². The second kappa shape index (κ2) is 8.86. The van der Waals surface area contributed by atoms with Crippen molar-refractivity contribution in [1.82, 2.24) is 9.62 Å². The van der Waals surface area contributed by atoms with Gasteiger partial charge in [0, 0.05) is 37.4 Å². The minimum Gasteiger partial charge on any atom is -0.359 e. The van der Waals surface area contributed by atoms with E-state index in [9.17, 15) is 18.0 Å². The molecule has 10 heteroatoms. The van der Waals surface area contributed by atoms with Crippen molar-refractivity contribution in [1.29, 1.82) is 0 Å². The molecule has 2 aromatic carbocycles. The van der Waals surface area contributed by atoms with E-state index in [4.69, 9.17) is 11.6 Å². The fourth-order valence-electron chi connectivity index (χ4n) is 3.76. The lowest BCUT2D eigenvalue weighted by Gasteiger charge is -2.29. The van der Waals surface area contributed by atoms with E-state index in [0.717, 1.165) is 12.8 Å². The lowest BCUT2D eigenvalue weighted by molar-refractivity contribution is -0.120.